The summed E-state index contributed by atoms with van der Waals surface area (Å²) < 4.78 is 54.6. The molecule has 1 aliphatic heterocycles. The number of hydrogen-bond acceptors (Lipinski definition) is 4. The smallest absolute Gasteiger partial charge is 0.345 e. The Bertz CT molecular complexity index is 1340. The molecule has 222 valence electrons. The lowest BCUT2D eigenvalue weighted by molar-refractivity contribution is -0.137. The van der Waals surface area contributed by atoms with Crippen molar-refractivity contribution < 1.29 is 22.4 Å². The van der Waals surface area contributed by atoms with E-state index < -0.39 is 24.0 Å². The van der Waals surface area contributed by atoms with Gasteiger partial charge in [-0.25, -0.2) is 4.39 Å². The molecule has 1 saturated carbocycles. The number of anilines is 2. The Kier molecular flexibility index (Phi) is 9.26. The Hall–Kier alpha value is -3.72. The fourth-order valence-electron chi connectivity index (χ4n) is 6.01. The van der Waals surface area contributed by atoms with Gasteiger partial charge in [0.15, 0.2) is 0 Å². The topological polar surface area (TPSA) is 39.7 Å². The number of rotatable bonds is 8. The molecule has 5 rings (SSSR count). The maximum absolute atomic E-state index is 15.8. The third kappa shape index (κ3) is 7.18. The van der Waals surface area contributed by atoms with Crippen molar-refractivity contribution >= 4 is 23.4 Å². The first-order valence-corrected chi connectivity index (χ1v) is 14.5. The van der Waals surface area contributed by atoms with Crippen LogP contribution in [0.2, 0.25) is 0 Å². The Balaban J connectivity index is 1.33. The quantitative estimate of drug-likeness (QED) is 0.208. The first-order valence-electron chi connectivity index (χ1n) is 14.5. The molecule has 0 bridgehead atoms. The van der Waals surface area contributed by atoms with Crippen LogP contribution in [0.25, 0.3) is 6.08 Å². The number of piperidine rings is 1. The van der Waals surface area contributed by atoms with E-state index in [0.717, 1.165) is 48.5 Å². The van der Waals surface area contributed by atoms with Gasteiger partial charge in [0.2, 0.25) is 5.91 Å². The predicted molar refractivity (Wildman–Crippen MR) is 157 cm³/mol. The summed E-state index contributed by atoms with van der Waals surface area (Å²) in [6, 6.07) is 16.1. The summed E-state index contributed by atoms with van der Waals surface area (Å²) in [4.78, 5) is 23.5. The molecule has 1 saturated heterocycles. The number of aromatic nitrogens is 1. The molecule has 2 atom stereocenters. The highest BCUT2D eigenvalue weighted by Gasteiger charge is 2.38. The fourth-order valence-corrected chi connectivity index (χ4v) is 6.01. The molecule has 9 heteroatoms. The molecule has 1 aliphatic carbocycles. The number of pyridine rings is 1. The first kappa shape index (κ1) is 29.8. The maximum Gasteiger partial charge on any atom is 0.416 e. The molecular weight excluding hydrogens is 544 g/mol. The van der Waals surface area contributed by atoms with Gasteiger partial charge in [-0.1, -0.05) is 37.1 Å². The van der Waals surface area contributed by atoms with Crippen molar-refractivity contribution in [3.63, 3.8) is 0 Å². The molecule has 0 N–H and O–H groups in total. The lowest BCUT2D eigenvalue weighted by Gasteiger charge is -2.42. The molecule has 2 aromatic carbocycles. The number of amides is 1. The second-order valence-corrected chi connectivity index (χ2v) is 11.2. The van der Waals surface area contributed by atoms with Crippen LogP contribution in [0, 0.1) is 0 Å². The van der Waals surface area contributed by atoms with Gasteiger partial charge in [0.1, 0.15) is 6.17 Å². The summed E-state index contributed by atoms with van der Waals surface area (Å²) in [6.45, 7) is 1.26. The van der Waals surface area contributed by atoms with Crippen LogP contribution in [-0.4, -0.2) is 59.1 Å². The van der Waals surface area contributed by atoms with E-state index in [9.17, 15) is 18.0 Å². The average Bonchev–Trinajstić information content (AvgIpc) is 3.54. The summed E-state index contributed by atoms with van der Waals surface area (Å²) in [5.74, 6) is -0.366. The van der Waals surface area contributed by atoms with Gasteiger partial charge >= 0.3 is 6.18 Å². The number of carbonyl (C=O) groups is 1. The van der Waals surface area contributed by atoms with E-state index in [-0.39, 0.29) is 12.5 Å². The Morgan fingerprint density at radius 3 is 2.21 bits per heavy atom. The molecule has 3 aromatic rings. The minimum atomic E-state index is -4.43. The molecule has 0 unspecified atom stereocenters. The number of benzene rings is 2. The molecule has 0 spiro atoms. The standard InChI is InChI=1S/C33H36F4N4O/c1-39(28-16-19-38-20-17-28)27-13-8-25(9-14-27)22-41(31-18-21-40(23-30(31)34)29-4-2-3-5-29)32(42)15-10-24-6-11-26(12-7-24)33(35,36)37/h6-17,19-20,29-31H,2-5,18,21-23H2,1H3/t30-,31+/m1/s1. The summed E-state index contributed by atoms with van der Waals surface area (Å²) >= 11 is 0. The van der Waals surface area contributed by atoms with Crippen LogP contribution >= 0.6 is 0 Å². The van der Waals surface area contributed by atoms with Crippen molar-refractivity contribution in [1.29, 1.82) is 0 Å². The van der Waals surface area contributed by atoms with Gasteiger partial charge < -0.3 is 9.80 Å². The van der Waals surface area contributed by atoms with Crippen molar-refractivity contribution in [2.45, 2.75) is 63.1 Å². The van der Waals surface area contributed by atoms with Crippen molar-refractivity contribution in [1.82, 2.24) is 14.8 Å². The lowest BCUT2D eigenvalue weighted by Crippen LogP contribution is -2.55. The van der Waals surface area contributed by atoms with Gasteiger partial charge in [0.25, 0.3) is 0 Å². The van der Waals surface area contributed by atoms with E-state index >= 15 is 4.39 Å². The van der Waals surface area contributed by atoms with Gasteiger partial charge in [-0.15, -0.1) is 0 Å². The van der Waals surface area contributed by atoms with Crippen LogP contribution in [0.5, 0.6) is 0 Å². The Morgan fingerprint density at radius 1 is 0.952 bits per heavy atom. The number of likely N-dealkylation sites (tertiary alicyclic amines) is 1. The van der Waals surface area contributed by atoms with Crippen LogP contribution in [0.4, 0.5) is 28.9 Å². The molecule has 2 fully saturated rings. The van der Waals surface area contributed by atoms with E-state index in [1.54, 1.807) is 17.3 Å². The van der Waals surface area contributed by atoms with Crippen molar-refractivity contribution in [2.24, 2.45) is 0 Å². The van der Waals surface area contributed by atoms with Crippen molar-refractivity contribution in [3.8, 4) is 0 Å². The molecule has 2 aliphatic rings. The second kappa shape index (κ2) is 13.1. The zero-order valence-corrected chi connectivity index (χ0v) is 23.7. The highest BCUT2D eigenvalue weighted by Crippen LogP contribution is 2.31. The summed E-state index contributed by atoms with van der Waals surface area (Å²) in [7, 11) is 1.96. The molecule has 1 aromatic heterocycles. The van der Waals surface area contributed by atoms with E-state index in [2.05, 4.69) is 9.88 Å². The van der Waals surface area contributed by atoms with Gasteiger partial charge in [-0.05, 0) is 72.9 Å². The van der Waals surface area contributed by atoms with E-state index in [0.29, 0.717) is 24.6 Å². The third-order valence-electron chi connectivity index (χ3n) is 8.45. The largest absolute Gasteiger partial charge is 0.416 e. The minimum Gasteiger partial charge on any atom is -0.345 e. The number of halogens is 4. The monoisotopic (exact) mass is 580 g/mol. The van der Waals surface area contributed by atoms with Crippen molar-refractivity contribution in [2.75, 3.05) is 25.0 Å². The normalized spacial score (nSPS) is 20.2. The van der Waals surface area contributed by atoms with Crippen LogP contribution in [0.15, 0.2) is 79.1 Å². The molecule has 42 heavy (non-hydrogen) atoms. The predicted octanol–water partition coefficient (Wildman–Crippen LogP) is 7.27. The van der Waals surface area contributed by atoms with E-state index in [4.69, 9.17) is 0 Å². The number of alkyl halides is 4. The van der Waals surface area contributed by atoms with Gasteiger partial charge in [0, 0.05) is 62.6 Å². The molecule has 1 amide bonds. The van der Waals surface area contributed by atoms with E-state index in [1.807, 2.05) is 48.3 Å². The van der Waals surface area contributed by atoms with E-state index in [1.165, 1.54) is 37.1 Å². The first-order chi connectivity index (χ1) is 20.2. The molecule has 5 nitrogen and oxygen atoms in total. The van der Waals surface area contributed by atoms with Crippen LogP contribution < -0.4 is 4.90 Å². The van der Waals surface area contributed by atoms with Crippen LogP contribution in [0.1, 0.15) is 48.8 Å². The second-order valence-electron chi connectivity index (χ2n) is 11.2. The van der Waals surface area contributed by atoms with Gasteiger partial charge in [0.05, 0.1) is 11.6 Å². The summed E-state index contributed by atoms with van der Waals surface area (Å²) in [6.07, 6.45) is 5.72. The number of nitrogens with zero attached hydrogens (tertiary/aromatic N) is 4. The molecule has 0 radical (unpaired) electrons. The SMILES string of the molecule is CN(c1ccncc1)c1ccc(CN(C(=O)C=Cc2ccc(C(F)(F)F)cc2)[C@H]2CCN(C3CCCC3)C[C@H]2F)cc1. The fraction of sp³-hybridized carbons (Fsp3) is 0.394. The zero-order chi connectivity index (χ0) is 29.7. The molecular formula is C33H36F4N4O. The Morgan fingerprint density at radius 2 is 1.60 bits per heavy atom. The highest BCUT2D eigenvalue weighted by molar-refractivity contribution is 5.92. The third-order valence-corrected chi connectivity index (χ3v) is 8.45. The Labute approximate surface area is 244 Å². The average molecular weight is 581 g/mol. The van der Waals surface area contributed by atoms with Gasteiger partial charge in [-0.2, -0.15) is 13.2 Å². The summed E-state index contributed by atoms with van der Waals surface area (Å²) in [5, 5.41) is 0. The summed E-state index contributed by atoms with van der Waals surface area (Å²) in [5.41, 5.74) is 2.52. The lowest BCUT2D eigenvalue weighted by atomic mass is 9.98. The number of carbonyl (C=O) groups excluding carboxylic acids is 1. The van der Waals surface area contributed by atoms with Crippen LogP contribution in [-0.2, 0) is 17.5 Å². The van der Waals surface area contributed by atoms with Gasteiger partial charge in [-0.3, -0.25) is 14.7 Å². The number of hydrogen-bond donors (Lipinski definition) is 0. The molecule has 2 heterocycles. The highest BCUT2D eigenvalue weighted by atomic mass is 19.4. The van der Waals surface area contributed by atoms with Crippen LogP contribution in [0.3, 0.4) is 0 Å². The minimum absolute atomic E-state index is 0.226. The zero-order valence-electron chi connectivity index (χ0n) is 23.7. The maximum atomic E-state index is 15.8. The van der Waals surface area contributed by atoms with Crippen molar-refractivity contribution in [3.05, 3.63) is 95.8 Å².